The summed E-state index contributed by atoms with van der Waals surface area (Å²) in [6.45, 7) is 5.69. The fourth-order valence-electron chi connectivity index (χ4n) is 4.54. The summed E-state index contributed by atoms with van der Waals surface area (Å²) in [5, 5.41) is 7.89. The molecule has 10 heteroatoms. The molecule has 1 saturated heterocycles. The van der Waals surface area contributed by atoms with Gasteiger partial charge in [-0.3, -0.25) is 4.31 Å². The lowest BCUT2D eigenvalue weighted by molar-refractivity contribution is 0.485. The van der Waals surface area contributed by atoms with Crippen LogP contribution in [0.25, 0.3) is 10.9 Å². The van der Waals surface area contributed by atoms with Gasteiger partial charge in [0.25, 0.3) is 0 Å². The van der Waals surface area contributed by atoms with Gasteiger partial charge in [0, 0.05) is 79.7 Å². The van der Waals surface area contributed by atoms with E-state index in [0.29, 0.717) is 18.4 Å². The molecule has 36 heavy (non-hydrogen) atoms. The number of piperazine rings is 1. The Morgan fingerprint density at radius 1 is 1.17 bits per heavy atom. The normalized spacial score (nSPS) is 16.3. The summed E-state index contributed by atoms with van der Waals surface area (Å²) in [6, 6.07) is 16.7. The van der Waals surface area contributed by atoms with Crippen molar-refractivity contribution in [2.45, 2.75) is 19.5 Å². The van der Waals surface area contributed by atoms with Crippen LogP contribution in [0.4, 0.5) is 23.0 Å². The zero-order valence-corrected chi connectivity index (χ0v) is 21.5. The number of hydrogen-bond acceptors (Lipinski definition) is 7. The van der Waals surface area contributed by atoms with Gasteiger partial charge in [-0.05, 0) is 43.3 Å². The Morgan fingerprint density at radius 2 is 1.97 bits per heavy atom. The number of pyridine rings is 2. The first-order valence-electron chi connectivity index (χ1n) is 12.0. The molecule has 3 aromatic heterocycles. The van der Waals surface area contributed by atoms with Crippen molar-refractivity contribution in [1.29, 1.82) is 0 Å². The van der Waals surface area contributed by atoms with E-state index in [-0.39, 0.29) is 0 Å². The smallest absolute Gasteiger partial charge is 0.233 e. The second kappa shape index (κ2) is 9.79. The summed E-state index contributed by atoms with van der Waals surface area (Å²) in [5.74, 6) is 1.17. The number of hydrogen-bond donors (Lipinski definition) is 2. The van der Waals surface area contributed by atoms with E-state index in [9.17, 15) is 8.42 Å². The highest BCUT2D eigenvalue weighted by Crippen LogP contribution is 2.26. The molecule has 1 aliphatic heterocycles. The van der Waals surface area contributed by atoms with E-state index in [1.807, 2.05) is 36.7 Å². The Labute approximate surface area is 211 Å². The standard InChI is InChI=1S/C26H31N7O2S/c1-19-17-32(14-12-27-19)23-8-6-22(7-9-23)30-25-15-24-20(16-29-25)10-13-33(24)18-21-5-4-11-28-26(21)31(2)36(3,34)35/h4-11,13,15-16,19,27H,12,14,17-18H2,1-3H3,(H,29,30). The van der Waals surface area contributed by atoms with Crippen molar-refractivity contribution in [3.05, 3.63) is 72.7 Å². The lowest BCUT2D eigenvalue weighted by Gasteiger charge is -2.33. The molecule has 1 atom stereocenters. The number of nitrogens with one attached hydrogen (secondary N) is 2. The summed E-state index contributed by atoms with van der Waals surface area (Å²) < 4.78 is 27.5. The molecule has 4 heterocycles. The molecule has 0 aliphatic carbocycles. The van der Waals surface area contributed by atoms with E-state index in [2.05, 4.69) is 61.3 Å². The van der Waals surface area contributed by atoms with E-state index in [1.54, 1.807) is 6.20 Å². The van der Waals surface area contributed by atoms with Crippen LogP contribution in [0.15, 0.2) is 67.1 Å². The molecule has 0 bridgehead atoms. The molecular weight excluding hydrogens is 474 g/mol. The molecular formula is C26H31N7O2S. The third kappa shape index (κ3) is 5.14. The van der Waals surface area contributed by atoms with Gasteiger partial charge in [-0.1, -0.05) is 6.07 Å². The topological polar surface area (TPSA) is 95.4 Å². The largest absolute Gasteiger partial charge is 0.369 e. The van der Waals surface area contributed by atoms with Gasteiger partial charge in [-0.25, -0.2) is 18.4 Å². The Bertz CT molecular complexity index is 1470. The van der Waals surface area contributed by atoms with Crippen LogP contribution in [-0.2, 0) is 16.6 Å². The zero-order valence-electron chi connectivity index (χ0n) is 20.7. The predicted octanol–water partition coefficient (Wildman–Crippen LogP) is 3.42. The second-order valence-electron chi connectivity index (χ2n) is 9.26. The minimum atomic E-state index is -3.42. The summed E-state index contributed by atoms with van der Waals surface area (Å²) >= 11 is 0. The van der Waals surface area contributed by atoms with Gasteiger partial charge in [0.2, 0.25) is 10.0 Å². The lowest BCUT2D eigenvalue weighted by Crippen LogP contribution is -2.49. The van der Waals surface area contributed by atoms with Gasteiger partial charge in [-0.15, -0.1) is 0 Å². The number of benzene rings is 1. The van der Waals surface area contributed by atoms with Crippen LogP contribution in [-0.4, -0.2) is 61.9 Å². The van der Waals surface area contributed by atoms with Gasteiger partial charge in [0.1, 0.15) is 11.6 Å². The van der Waals surface area contributed by atoms with Gasteiger partial charge in [0.15, 0.2) is 0 Å². The third-order valence-corrected chi connectivity index (χ3v) is 7.70. The van der Waals surface area contributed by atoms with Crippen LogP contribution in [0.3, 0.4) is 0 Å². The summed E-state index contributed by atoms with van der Waals surface area (Å²) in [4.78, 5) is 11.3. The number of aromatic nitrogens is 3. The van der Waals surface area contributed by atoms with Crippen molar-refractivity contribution in [3.8, 4) is 0 Å². The van der Waals surface area contributed by atoms with Gasteiger partial charge >= 0.3 is 0 Å². The molecule has 9 nitrogen and oxygen atoms in total. The molecule has 0 radical (unpaired) electrons. The van der Waals surface area contributed by atoms with Gasteiger partial charge < -0.3 is 20.1 Å². The highest BCUT2D eigenvalue weighted by molar-refractivity contribution is 7.92. The van der Waals surface area contributed by atoms with Crippen LogP contribution in [0, 0.1) is 0 Å². The number of sulfonamides is 1. The van der Waals surface area contributed by atoms with Crippen LogP contribution in [0.2, 0.25) is 0 Å². The minimum Gasteiger partial charge on any atom is -0.369 e. The molecule has 1 aliphatic rings. The van der Waals surface area contributed by atoms with Gasteiger partial charge in [-0.2, -0.15) is 0 Å². The minimum absolute atomic E-state index is 0.424. The Balaban J connectivity index is 1.36. The summed E-state index contributed by atoms with van der Waals surface area (Å²) in [5.41, 5.74) is 4.00. The highest BCUT2D eigenvalue weighted by Gasteiger charge is 2.18. The molecule has 5 rings (SSSR count). The van der Waals surface area contributed by atoms with Crippen molar-refractivity contribution in [3.63, 3.8) is 0 Å². The molecule has 0 amide bonds. The summed E-state index contributed by atoms with van der Waals surface area (Å²) in [7, 11) is -1.90. The number of rotatable bonds is 7. The average molecular weight is 506 g/mol. The second-order valence-corrected chi connectivity index (χ2v) is 11.3. The first kappa shape index (κ1) is 24.1. The van der Waals surface area contributed by atoms with E-state index in [1.165, 1.54) is 23.3 Å². The molecule has 2 N–H and O–H groups in total. The van der Waals surface area contributed by atoms with Crippen molar-refractivity contribution in [1.82, 2.24) is 19.9 Å². The Kier molecular flexibility index (Phi) is 6.55. The summed E-state index contributed by atoms with van der Waals surface area (Å²) in [6.07, 6.45) is 6.61. The molecule has 188 valence electrons. The molecule has 0 spiro atoms. The molecule has 1 unspecified atom stereocenters. The maximum Gasteiger partial charge on any atom is 0.233 e. The first-order valence-corrected chi connectivity index (χ1v) is 13.8. The van der Waals surface area contributed by atoms with Crippen molar-refractivity contribution in [2.75, 3.05) is 47.5 Å². The maximum absolute atomic E-state index is 12.1. The third-order valence-electron chi connectivity index (χ3n) is 6.53. The van der Waals surface area contributed by atoms with Crippen LogP contribution in [0.5, 0.6) is 0 Å². The van der Waals surface area contributed by atoms with Crippen LogP contribution < -0.4 is 19.8 Å². The van der Waals surface area contributed by atoms with Crippen molar-refractivity contribution in [2.24, 2.45) is 0 Å². The SMILES string of the molecule is CC1CN(c2ccc(Nc3cc4c(ccn4Cc4cccnc4N(C)S(C)(=O)=O)cn3)cc2)CCN1. The fourth-order valence-corrected chi connectivity index (χ4v) is 5.02. The molecule has 4 aromatic rings. The van der Waals surface area contributed by atoms with E-state index >= 15 is 0 Å². The number of nitrogens with zero attached hydrogens (tertiary/aromatic N) is 5. The number of anilines is 4. The fraction of sp³-hybridized carbons (Fsp3) is 0.308. The van der Waals surface area contributed by atoms with Gasteiger partial charge in [0.05, 0.1) is 18.3 Å². The van der Waals surface area contributed by atoms with E-state index in [0.717, 1.165) is 47.6 Å². The molecule has 1 aromatic carbocycles. The molecule has 1 fully saturated rings. The van der Waals surface area contributed by atoms with Crippen LogP contribution in [0.1, 0.15) is 12.5 Å². The van der Waals surface area contributed by atoms with Crippen molar-refractivity contribution < 1.29 is 8.42 Å². The van der Waals surface area contributed by atoms with E-state index < -0.39 is 10.0 Å². The Morgan fingerprint density at radius 3 is 2.72 bits per heavy atom. The molecule has 0 saturated carbocycles. The zero-order chi connectivity index (χ0) is 25.3. The average Bonchev–Trinajstić information content (AvgIpc) is 3.26. The predicted molar refractivity (Wildman–Crippen MR) is 146 cm³/mol. The first-order chi connectivity index (χ1) is 17.3. The maximum atomic E-state index is 12.1. The lowest BCUT2D eigenvalue weighted by atomic mass is 10.2. The Hall–Kier alpha value is -3.63. The van der Waals surface area contributed by atoms with Crippen LogP contribution >= 0.6 is 0 Å². The number of fused-ring (bicyclic) bond motifs is 1. The quantitative estimate of drug-likeness (QED) is 0.397. The monoisotopic (exact) mass is 505 g/mol. The van der Waals surface area contributed by atoms with Crippen molar-refractivity contribution >= 4 is 43.9 Å². The van der Waals surface area contributed by atoms with E-state index in [4.69, 9.17) is 0 Å². The highest BCUT2D eigenvalue weighted by atomic mass is 32.2.